The summed E-state index contributed by atoms with van der Waals surface area (Å²) in [4.78, 5) is 13.6. The van der Waals surface area contributed by atoms with Crippen molar-refractivity contribution < 1.29 is 9.21 Å². The van der Waals surface area contributed by atoms with Gasteiger partial charge in [0.2, 0.25) is 5.22 Å². The van der Waals surface area contributed by atoms with Crippen molar-refractivity contribution in [1.29, 1.82) is 0 Å². The number of carbonyl (C=O) groups excluding carboxylic acids is 1. The Bertz CT molecular complexity index is 374. The number of rotatable bonds is 3. The SMILES string of the molecule is CC1CC1CN(C)C(=O)c1ccoc1Cl. The van der Waals surface area contributed by atoms with Crippen LogP contribution in [0.5, 0.6) is 0 Å². The third-order valence-corrected chi connectivity index (χ3v) is 3.27. The molecule has 2 unspecified atom stereocenters. The summed E-state index contributed by atoms with van der Waals surface area (Å²) in [6, 6.07) is 1.61. The molecule has 0 bridgehead atoms. The number of carbonyl (C=O) groups is 1. The lowest BCUT2D eigenvalue weighted by Crippen LogP contribution is -2.28. The van der Waals surface area contributed by atoms with E-state index in [0.717, 1.165) is 12.5 Å². The summed E-state index contributed by atoms with van der Waals surface area (Å²) in [5, 5.41) is 0.177. The predicted octanol–water partition coefficient (Wildman–Crippen LogP) is 2.66. The van der Waals surface area contributed by atoms with Crippen LogP contribution in [-0.4, -0.2) is 24.4 Å². The van der Waals surface area contributed by atoms with Gasteiger partial charge in [-0.3, -0.25) is 4.79 Å². The first-order valence-electron chi connectivity index (χ1n) is 5.08. The Morgan fingerprint density at radius 1 is 1.73 bits per heavy atom. The Hall–Kier alpha value is -0.960. The molecule has 82 valence electrons. The van der Waals surface area contributed by atoms with E-state index in [1.807, 2.05) is 0 Å². The second-order valence-corrected chi connectivity index (χ2v) is 4.61. The minimum Gasteiger partial charge on any atom is -0.452 e. The van der Waals surface area contributed by atoms with Gasteiger partial charge in [-0.05, 0) is 35.9 Å². The molecule has 15 heavy (non-hydrogen) atoms. The van der Waals surface area contributed by atoms with Gasteiger partial charge in [0, 0.05) is 13.6 Å². The second-order valence-electron chi connectivity index (χ2n) is 4.27. The Balaban J connectivity index is 1.98. The molecule has 1 aliphatic carbocycles. The lowest BCUT2D eigenvalue weighted by atomic mass is 10.2. The largest absolute Gasteiger partial charge is 0.452 e. The highest BCUT2D eigenvalue weighted by Gasteiger charge is 2.34. The van der Waals surface area contributed by atoms with E-state index in [1.54, 1.807) is 18.0 Å². The molecule has 1 aromatic heterocycles. The number of furan rings is 1. The van der Waals surface area contributed by atoms with Crippen LogP contribution in [0.25, 0.3) is 0 Å². The van der Waals surface area contributed by atoms with E-state index in [0.29, 0.717) is 11.5 Å². The van der Waals surface area contributed by atoms with E-state index in [9.17, 15) is 4.79 Å². The average molecular weight is 228 g/mol. The normalized spacial score (nSPS) is 23.9. The van der Waals surface area contributed by atoms with Gasteiger partial charge in [-0.15, -0.1) is 0 Å². The Morgan fingerprint density at radius 3 is 2.87 bits per heavy atom. The first-order valence-corrected chi connectivity index (χ1v) is 5.46. The van der Waals surface area contributed by atoms with E-state index < -0.39 is 0 Å². The highest BCUT2D eigenvalue weighted by Crippen LogP contribution is 2.38. The zero-order valence-corrected chi connectivity index (χ0v) is 9.62. The molecule has 1 fully saturated rings. The Labute approximate surface area is 94.0 Å². The van der Waals surface area contributed by atoms with Crippen LogP contribution >= 0.6 is 11.6 Å². The van der Waals surface area contributed by atoms with Gasteiger partial charge in [-0.2, -0.15) is 0 Å². The molecular formula is C11H14ClNO2. The molecular weight excluding hydrogens is 214 g/mol. The minimum absolute atomic E-state index is 0.0622. The number of halogens is 1. The number of hydrogen-bond acceptors (Lipinski definition) is 2. The van der Waals surface area contributed by atoms with Crippen LogP contribution in [0.4, 0.5) is 0 Å². The van der Waals surface area contributed by atoms with Crippen LogP contribution in [0.1, 0.15) is 23.7 Å². The summed E-state index contributed by atoms with van der Waals surface area (Å²) < 4.78 is 4.90. The molecule has 1 amide bonds. The van der Waals surface area contributed by atoms with Crippen molar-refractivity contribution >= 4 is 17.5 Å². The van der Waals surface area contributed by atoms with Gasteiger partial charge in [0.25, 0.3) is 5.91 Å². The third kappa shape index (κ3) is 2.17. The van der Waals surface area contributed by atoms with Gasteiger partial charge >= 0.3 is 0 Å². The van der Waals surface area contributed by atoms with Gasteiger partial charge in [0.1, 0.15) is 0 Å². The van der Waals surface area contributed by atoms with Crippen molar-refractivity contribution in [3.05, 3.63) is 23.1 Å². The van der Waals surface area contributed by atoms with Gasteiger partial charge in [0.15, 0.2) is 0 Å². The molecule has 1 heterocycles. The Kier molecular flexibility index (Phi) is 2.74. The smallest absolute Gasteiger partial charge is 0.258 e. The topological polar surface area (TPSA) is 33.5 Å². The molecule has 2 rings (SSSR count). The zero-order chi connectivity index (χ0) is 11.0. The van der Waals surface area contributed by atoms with Gasteiger partial charge in [-0.1, -0.05) is 6.92 Å². The summed E-state index contributed by atoms with van der Waals surface area (Å²) in [6.45, 7) is 3.01. The predicted molar refractivity (Wildman–Crippen MR) is 57.9 cm³/mol. The fraction of sp³-hybridized carbons (Fsp3) is 0.545. The van der Waals surface area contributed by atoms with E-state index in [4.69, 9.17) is 16.0 Å². The molecule has 1 aromatic rings. The summed E-state index contributed by atoms with van der Waals surface area (Å²) in [5.74, 6) is 1.34. The van der Waals surface area contributed by atoms with Gasteiger partial charge in [-0.25, -0.2) is 0 Å². The molecule has 1 saturated carbocycles. The fourth-order valence-electron chi connectivity index (χ4n) is 1.74. The summed E-state index contributed by atoms with van der Waals surface area (Å²) in [6.07, 6.45) is 2.65. The summed E-state index contributed by atoms with van der Waals surface area (Å²) >= 11 is 5.75. The van der Waals surface area contributed by atoms with E-state index in [2.05, 4.69) is 6.92 Å². The lowest BCUT2D eigenvalue weighted by molar-refractivity contribution is 0.0786. The van der Waals surface area contributed by atoms with E-state index in [-0.39, 0.29) is 11.1 Å². The van der Waals surface area contributed by atoms with Crippen LogP contribution in [-0.2, 0) is 0 Å². The molecule has 0 radical (unpaired) electrons. The molecule has 4 heteroatoms. The van der Waals surface area contributed by atoms with Crippen LogP contribution in [0.3, 0.4) is 0 Å². The third-order valence-electron chi connectivity index (χ3n) is 2.98. The van der Waals surface area contributed by atoms with E-state index >= 15 is 0 Å². The number of hydrogen-bond donors (Lipinski definition) is 0. The first-order chi connectivity index (χ1) is 7.09. The van der Waals surface area contributed by atoms with Crippen molar-refractivity contribution in [1.82, 2.24) is 4.90 Å². The molecule has 0 aromatic carbocycles. The summed E-state index contributed by atoms with van der Waals surface area (Å²) in [7, 11) is 1.80. The highest BCUT2D eigenvalue weighted by atomic mass is 35.5. The minimum atomic E-state index is -0.0622. The van der Waals surface area contributed by atoms with Crippen LogP contribution < -0.4 is 0 Å². The van der Waals surface area contributed by atoms with Gasteiger partial charge < -0.3 is 9.32 Å². The zero-order valence-electron chi connectivity index (χ0n) is 8.87. The van der Waals surface area contributed by atoms with Crippen molar-refractivity contribution in [2.45, 2.75) is 13.3 Å². The summed E-state index contributed by atoms with van der Waals surface area (Å²) in [5.41, 5.74) is 0.451. The second kappa shape index (κ2) is 3.89. The number of nitrogens with zero attached hydrogens (tertiary/aromatic N) is 1. The quantitative estimate of drug-likeness (QED) is 0.796. The Morgan fingerprint density at radius 2 is 2.40 bits per heavy atom. The van der Waals surface area contributed by atoms with Crippen molar-refractivity contribution in [2.75, 3.05) is 13.6 Å². The van der Waals surface area contributed by atoms with Crippen molar-refractivity contribution in [2.24, 2.45) is 11.8 Å². The average Bonchev–Trinajstić information content (AvgIpc) is 2.72. The molecule has 3 nitrogen and oxygen atoms in total. The molecule has 2 atom stereocenters. The molecule has 0 saturated heterocycles. The van der Waals surface area contributed by atoms with Crippen LogP contribution in [0.15, 0.2) is 16.7 Å². The van der Waals surface area contributed by atoms with Crippen molar-refractivity contribution in [3.63, 3.8) is 0 Å². The number of amides is 1. The van der Waals surface area contributed by atoms with Gasteiger partial charge in [0.05, 0.1) is 11.8 Å². The molecule has 1 aliphatic rings. The lowest BCUT2D eigenvalue weighted by Gasteiger charge is -2.16. The highest BCUT2D eigenvalue weighted by molar-refractivity contribution is 6.32. The maximum atomic E-state index is 11.9. The maximum Gasteiger partial charge on any atom is 0.258 e. The first kappa shape index (κ1) is 10.6. The van der Waals surface area contributed by atoms with E-state index in [1.165, 1.54) is 12.7 Å². The van der Waals surface area contributed by atoms with Crippen LogP contribution in [0, 0.1) is 11.8 Å². The fourth-order valence-corrected chi connectivity index (χ4v) is 1.94. The molecule has 0 N–H and O–H groups in total. The van der Waals surface area contributed by atoms with Crippen LogP contribution in [0.2, 0.25) is 5.22 Å². The maximum absolute atomic E-state index is 11.9. The molecule has 0 aliphatic heterocycles. The molecule has 0 spiro atoms. The van der Waals surface area contributed by atoms with Crippen molar-refractivity contribution in [3.8, 4) is 0 Å². The standard InChI is InChI=1S/C11H14ClNO2/c1-7-5-8(7)6-13(2)11(14)9-3-4-15-10(9)12/h3-4,7-8H,5-6H2,1-2H3. The monoisotopic (exact) mass is 227 g/mol.